The van der Waals surface area contributed by atoms with Gasteiger partial charge in [-0.3, -0.25) is 4.68 Å². The second-order valence-electron chi connectivity index (χ2n) is 6.22. The molecule has 134 valence electrons. The van der Waals surface area contributed by atoms with E-state index in [1.54, 1.807) is 16.4 Å². The summed E-state index contributed by atoms with van der Waals surface area (Å²) in [6.45, 7) is 0.512. The molecule has 7 nitrogen and oxygen atoms in total. The molecule has 0 aliphatic rings. The van der Waals surface area contributed by atoms with E-state index < -0.39 is 0 Å². The molecule has 4 heterocycles. The first-order valence-electron chi connectivity index (χ1n) is 8.56. The van der Waals surface area contributed by atoms with Gasteiger partial charge in [-0.1, -0.05) is 18.2 Å². The van der Waals surface area contributed by atoms with Crippen LogP contribution in [0.1, 0.15) is 5.56 Å². The molecule has 0 saturated carbocycles. The van der Waals surface area contributed by atoms with E-state index in [0.717, 1.165) is 22.3 Å². The molecule has 5 aromatic rings. The smallest absolute Gasteiger partial charge is 0.245 e. The third-order valence-electron chi connectivity index (χ3n) is 4.41. The monoisotopic (exact) mass is 376 g/mol. The lowest BCUT2D eigenvalue weighted by atomic mass is 10.1. The predicted octanol–water partition coefficient (Wildman–Crippen LogP) is 3.59. The number of rotatable bonds is 5. The van der Waals surface area contributed by atoms with E-state index in [-0.39, 0.29) is 0 Å². The Hall–Kier alpha value is -3.26. The van der Waals surface area contributed by atoms with Gasteiger partial charge in [0.2, 0.25) is 5.88 Å². The number of nitrogens with zero attached hydrogens (tertiary/aromatic N) is 5. The fourth-order valence-corrected chi connectivity index (χ4v) is 3.75. The normalized spacial score (nSPS) is 11.4. The summed E-state index contributed by atoms with van der Waals surface area (Å²) < 4.78 is 7.75. The zero-order valence-corrected chi connectivity index (χ0v) is 15.4. The highest BCUT2D eigenvalue weighted by Crippen LogP contribution is 2.28. The Morgan fingerprint density at radius 1 is 1.22 bits per heavy atom. The summed E-state index contributed by atoms with van der Waals surface area (Å²) in [5.41, 5.74) is 5.68. The fraction of sp³-hybridized carbons (Fsp3) is 0.158. The lowest BCUT2D eigenvalue weighted by molar-refractivity contribution is 0.313. The SMILES string of the molecule is Cn1cc(-c2nc(OCCc3c[nH]c4ccccc34)c3ncsc3n2)cn1. The van der Waals surface area contributed by atoms with E-state index in [1.165, 1.54) is 22.3 Å². The van der Waals surface area contributed by atoms with Crippen molar-refractivity contribution in [1.29, 1.82) is 0 Å². The molecule has 4 aromatic heterocycles. The molecule has 27 heavy (non-hydrogen) atoms. The summed E-state index contributed by atoms with van der Waals surface area (Å²) in [4.78, 5) is 17.6. The van der Waals surface area contributed by atoms with Crippen molar-refractivity contribution in [3.8, 4) is 17.3 Å². The fourth-order valence-electron chi connectivity index (χ4n) is 3.10. The molecule has 0 amide bonds. The van der Waals surface area contributed by atoms with Gasteiger partial charge in [-0.25, -0.2) is 9.97 Å². The van der Waals surface area contributed by atoms with Gasteiger partial charge < -0.3 is 9.72 Å². The quantitative estimate of drug-likeness (QED) is 0.507. The molecule has 5 rings (SSSR count). The number of aromatic nitrogens is 6. The molecule has 0 spiro atoms. The van der Waals surface area contributed by atoms with Gasteiger partial charge in [0.25, 0.3) is 0 Å². The summed E-state index contributed by atoms with van der Waals surface area (Å²) in [7, 11) is 1.87. The van der Waals surface area contributed by atoms with Crippen LogP contribution in [0.15, 0.2) is 48.4 Å². The highest BCUT2D eigenvalue weighted by Gasteiger charge is 2.14. The Bertz CT molecular complexity index is 1240. The first-order chi connectivity index (χ1) is 13.3. The van der Waals surface area contributed by atoms with Crippen molar-refractivity contribution in [2.75, 3.05) is 6.61 Å². The third-order valence-corrected chi connectivity index (χ3v) is 5.13. The van der Waals surface area contributed by atoms with E-state index >= 15 is 0 Å². The van der Waals surface area contributed by atoms with Crippen LogP contribution >= 0.6 is 11.3 Å². The molecule has 0 saturated heterocycles. The number of nitrogens with one attached hydrogen (secondary N) is 1. The predicted molar refractivity (Wildman–Crippen MR) is 105 cm³/mol. The maximum Gasteiger partial charge on any atom is 0.245 e. The van der Waals surface area contributed by atoms with E-state index in [1.807, 2.05) is 31.6 Å². The van der Waals surface area contributed by atoms with Crippen molar-refractivity contribution >= 4 is 32.6 Å². The first kappa shape index (κ1) is 16.0. The van der Waals surface area contributed by atoms with Gasteiger partial charge >= 0.3 is 0 Å². The maximum atomic E-state index is 6.02. The van der Waals surface area contributed by atoms with Gasteiger partial charge in [-0.15, -0.1) is 11.3 Å². The average Bonchev–Trinajstić information content (AvgIpc) is 3.41. The van der Waals surface area contributed by atoms with Crippen LogP contribution in [0.3, 0.4) is 0 Å². The number of para-hydroxylation sites is 1. The Kier molecular flexibility index (Phi) is 3.83. The number of benzene rings is 1. The van der Waals surface area contributed by atoms with Gasteiger partial charge in [0, 0.05) is 36.8 Å². The topological polar surface area (TPSA) is 81.5 Å². The van der Waals surface area contributed by atoms with E-state index in [9.17, 15) is 0 Å². The number of ether oxygens (including phenoxy) is 1. The molecule has 0 atom stereocenters. The second-order valence-corrected chi connectivity index (χ2v) is 7.05. The first-order valence-corrected chi connectivity index (χ1v) is 9.44. The number of aryl methyl sites for hydroxylation is 1. The van der Waals surface area contributed by atoms with Crippen LogP contribution in [0.2, 0.25) is 0 Å². The van der Waals surface area contributed by atoms with Gasteiger partial charge in [0.05, 0.1) is 23.9 Å². The third kappa shape index (κ3) is 2.93. The zero-order chi connectivity index (χ0) is 18.2. The van der Waals surface area contributed by atoms with Crippen LogP contribution in [0.5, 0.6) is 5.88 Å². The number of aromatic amines is 1. The van der Waals surface area contributed by atoms with Crippen LogP contribution < -0.4 is 4.74 Å². The lowest BCUT2D eigenvalue weighted by Gasteiger charge is -2.07. The number of hydrogen-bond donors (Lipinski definition) is 1. The van der Waals surface area contributed by atoms with Crippen LogP contribution in [0.25, 0.3) is 32.6 Å². The summed E-state index contributed by atoms with van der Waals surface area (Å²) in [5.74, 6) is 1.11. The number of hydrogen-bond acceptors (Lipinski definition) is 6. The van der Waals surface area contributed by atoms with Crippen molar-refractivity contribution < 1.29 is 4.74 Å². The lowest BCUT2D eigenvalue weighted by Crippen LogP contribution is -2.04. The molecule has 0 aliphatic heterocycles. The van der Waals surface area contributed by atoms with Gasteiger partial charge in [-0.05, 0) is 11.6 Å². The van der Waals surface area contributed by atoms with Gasteiger partial charge in [0.1, 0.15) is 0 Å². The molecule has 0 aliphatic carbocycles. The standard InChI is InChI=1S/C19H16N6OS/c1-25-10-13(9-22-25)17-23-18(16-19(24-17)27-11-21-16)26-7-6-12-8-20-15-5-3-2-4-14(12)15/h2-5,8-11,20H,6-7H2,1H3. The van der Waals surface area contributed by atoms with Gasteiger partial charge in [-0.2, -0.15) is 10.1 Å². The number of H-pyrrole nitrogens is 1. The molecule has 0 unspecified atom stereocenters. The van der Waals surface area contributed by atoms with Crippen molar-refractivity contribution in [3.63, 3.8) is 0 Å². The summed E-state index contributed by atoms with van der Waals surface area (Å²) in [6, 6.07) is 8.26. The van der Waals surface area contributed by atoms with Gasteiger partial charge in [0.15, 0.2) is 16.2 Å². The maximum absolute atomic E-state index is 6.02. The molecule has 1 aromatic carbocycles. The largest absolute Gasteiger partial charge is 0.476 e. The van der Waals surface area contributed by atoms with Crippen LogP contribution in [0.4, 0.5) is 0 Å². The Morgan fingerprint density at radius 2 is 2.15 bits per heavy atom. The van der Waals surface area contributed by atoms with E-state index in [0.29, 0.717) is 23.8 Å². The Balaban J connectivity index is 1.41. The molecule has 0 bridgehead atoms. The Labute approximate surface area is 158 Å². The minimum atomic E-state index is 0.512. The minimum absolute atomic E-state index is 0.512. The van der Waals surface area contributed by atoms with Crippen LogP contribution in [-0.4, -0.2) is 36.3 Å². The Morgan fingerprint density at radius 3 is 3.04 bits per heavy atom. The molecular weight excluding hydrogens is 360 g/mol. The average molecular weight is 376 g/mol. The van der Waals surface area contributed by atoms with Crippen molar-refractivity contribution in [3.05, 3.63) is 53.9 Å². The molecule has 8 heteroatoms. The highest BCUT2D eigenvalue weighted by atomic mass is 32.1. The second kappa shape index (κ2) is 6.48. The molecule has 1 N–H and O–H groups in total. The zero-order valence-electron chi connectivity index (χ0n) is 14.6. The summed E-state index contributed by atoms with van der Waals surface area (Å²) >= 11 is 1.48. The minimum Gasteiger partial charge on any atom is -0.476 e. The van der Waals surface area contributed by atoms with Crippen molar-refractivity contribution in [1.82, 2.24) is 29.7 Å². The van der Waals surface area contributed by atoms with Crippen LogP contribution in [-0.2, 0) is 13.5 Å². The van der Waals surface area contributed by atoms with E-state index in [4.69, 9.17) is 4.74 Å². The van der Waals surface area contributed by atoms with Crippen molar-refractivity contribution in [2.45, 2.75) is 6.42 Å². The highest BCUT2D eigenvalue weighted by molar-refractivity contribution is 7.16. The van der Waals surface area contributed by atoms with E-state index in [2.05, 4.69) is 37.2 Å². The number of thiazole rings is 1. The molecule has 0 fully saturated rings. The number of fused-ring (bicyclic) bond motifs is 2. The van der Waals surface area contributed by atoms with Crippen molar-refractivity contribution in [2.24, 2.45) is 7.05 Å². The summed E-state index contributed by atoms with van der Waals surface area (Å²) in [5, 5.41) is 5.42. The molecular formula is C19H16N6OS. The molecule has 0 radical (unpaired) electrons. The van der Waals surface area contributed by atoms with Crippen LogP contribution in [0, 0.1) is 0 Å². The summed E-state index contributed by atoms with van der Waals surface area (Å²) in [6.07, 6.45) is 6.45.